The van der Waals surface area contributed by atoms with Crippen LogP contribution in [0.4, 0.5) is 0 Å². The van der Waals surface area contributed by atoms with E-state index in [0.29, 0.717) is 13.2 Å². The molecule has 4 heteroatoms. The summed E-state index contributed by atoms with van der Waals surface area (Å²) in [5.41, 5.74) is 10.2. The molecule has 2 nitrogen and oxygen atoms in total. The van der Waals surface area contributed by atoms with E-state index in [1.165, 1.54) is 11.1 Å². The van der Waals surface area contributed by atoms with Crippen LogP contribution in [0.3, 0.4) is 0 Å². The zero-order valence-electron chi connectivity index (χ0n) is 11.5. The highest BCUT2D eigenvalue weighted by Gasteiger charge is 2.05. The Hall–Kier alpha value is -0.840. The van der Waals surface area contributed by atoms with E-state index in [1.807, 2.05) is 30.3 Å². The number of aryl methyl sites for hydroxylation is 2. The van der Waals surface area contributed by atoms with Gasteiger partial charge in [-0.2, -0.15) is 0 Å². The minimum Gasteiger partial charge on any atom is -0.489 e. The monoisotopic (exact) mass is 397 g/mol. The van der Waals surface area contributed by atoms with Crippen molar-refractivity contribution >= 4 is 31.9 Å². The molecule has 0 saturated heterocycles. The first-order valence-corrected chi connectivity index (χ1v) is 7.96. The molecule has 2 aromatic carbocycles. The normalized spacial score (nSPS) is 10.7. The van der Waals surface area contributed by atoms with Crippen molar-refractivity contribution in [2.24, 2.45) is 5.73 Å². The zero-order valence-corrected chi connectivity index (χ0v) is 14.7. The molecule has 0 aliphatic heterocycles. The average molecular weight is 399 g/mol. The van der Waals surface area contributed by atoms with Crippen LogP contribution in [0.2, 0.25) is 0 Å². The molecule has 0 aliphatic carbocycles. The van der Waals surface area contributed by atoms with Gasteiger partial charge in [0.15, 0.2) is 0 Å². The average Bonchev–Trinajstić information content (AvgIpc) is 2.43. The first-order valence-electron chi connectivity index (χ1n) is 6.38. The molecule has 106 valence electrons. The molecule has 0 heterocycles. The molecule has 0 spiro atoms. The molecule has 20 heavy (non-hydrogen) atoms. The van der Waals surface area contributed by atoms with E-state index in [9.17, 15) is 0 Å². The highest BCUT2D eigenvalue weighted by atomic mass is 79.9. The molecule has 0 saturated carbocycles. The maximum absolute atomic E-state index is 5.88. The highest BCUT2D eigenvalue weighted by molar-refractivity contribution is 9.10. The van der Waals surface area contributed by atoms with Gasteiger partial charge in [0.25, 0.3) is 0 Å². The Morgan fingerprint density at radius 1 is 1.05 bits per heavy atom. The third kappa shape index (κ3) is 3.62. The van der Waals surface area contributed by atoms with Crippen LogP contribution in [0.1, 0.15) is 22.3 Å². The van der Waals surface area contributed by atoms with Crippen molar-refractivity contribution in [3.8, 4) is 5.75 Å². The summed E-state index contributed by atoms with van der Waals surface area (Å²) in [6.45, 7) is 5.21. The van der Waals surface area contributed by atoms with Crippen molar-refractivity contribution in [2.45, 2.75) is 27.0 Å². The van der Waals surface area contributed by atoms with Crippen LogP contribution < -0.4 is 10.5 Å². The second-order valence-corrected chi connectivity index (χ2v) is 6.44. The molecule has 0 fully saturated rings. The van der Waals surface area contributed by atoms with Crippen molar-refractivity contribution in [2.75, 3.05) is 0 Å². The molecule has 0 bridgehead atoms. The van der Waals surface area contributed by atoms with E-state index in [0.717, 1.165) is 25.8 Å². The lowest BCUT2D eigenvalue weighted by Crippen LogP contribution is -2.00. The topological polar surface area (TPSA) is 35.2 Å². The van der Waals surface area contributed by atoms with Gasteiger partial charge in [-0.15, -0.1) is 0 Å². The standard InChI is InChI=1S/C16H17Br2NO/c1-10-5-14(6-11(2)16(10)18)20-9-13-4-3-12(8-19)7-15(13)17/h3-7H,8-9,19H2,1-2H3. The first kappa shape index (κ1) is 15.5. The van der Waals surface area contributed by atoms with E-state index in [-0.39, 0.29) is 0 Å². The number of benzene rings is 2. The summed E-state index contributed by atoms with van der Waals surface area (Å²) in [4.78, 5) is 0. The van der Waals surface area contributed by atoms with Crippen LogP contribution in [0.15, 0.2) is 39.3 Å². The van der Waals surface area contributed by atoms with Crippen LogP contribution in [0.5, 0.6) is 5.75 Å². The molecule has 0 unspecified atom stereocenters. The second kappa shape index (κ2) is 6.74. The van der Waals surface area contributed by atoms with Gasteiger partial charge in [-0.1, -0.05) is 44.0 Å². The lowest BCUT2D eigenvalue weighted by molar-refractivity contribution is 0.305. The molecule has 2 N–H and O–H groups in total. The molecule has 0 aliphatic rings. The van der Waals surface area contributed by atoms with Gasteiger partial charge in [0.05, 0.1) is 0 Å². The number of hydrogen-bond donors (Lipinski definition) is 1. The lowest BCUT2D eigenvalue weighted by atomic mass is 10.1. The SMILES string of the molecule is Cc1cc(OCc2ccc(CN)cc2Br)cc(C)c1Br. The molecule has 0 aromatic heterocycles. The van der Waals surface area contributed by atoms with E-state index < -0.39 is 0 Å². The summed E-state index contributed by atoms with van der Waals surface area (Å²) < 4.78 is 8.05. The summed E-state index contributed by atoms with van der Waals surface area (Å²) in [5, 5.41) is 0. The molecule has 0 amide bonds. The van der Waals surface area contributed by atoms with Crippen molar-refractivity contribution in [3.63, 3.8) is 0 Å². The fourth-order valence-electron chi connectivity index (χ4n) is 1.99. The number of hydrogen-bond acceptors (Lipinski definition) is 2. The van der Waals surface area contributed by atoms with Crippen LogP contribution >= 0.6 is 31.9 Å². The van der Waals surface area contributed by atoms with Gasteiger partial charge in [-0.25, -0.2) is 0 Å². The van der Waals surface area contributed by atoms with Gasteiger partial charge in [-0.3, -0.25) is 0 Å². The predicted molar refractivity (Wildman–Crippen MR) is 90.0 cm³/mol. The summed E-state index contributed by atoms with van der Waals surface area (Å²) in [5.74, 6) is 0.887. The van der Waals surface area contributed by atoms with Crippen LogP contribution in [-0.4, -0.2) is 0 Å². The minimum absolute atomic E-state index is 0.534. The lowest BCUT2D eigenvalue weighted by Gasteiger charge is -2.11. The van der Waals surface area contributed by atoms with Gasteiger partial charge in [0.1, 0.15) is 12.4 Å². The van der Waals surface area contributed by atoms with Crippen LogP contribution in [-0.2, 0) is 13.2 Å². The molecular weight excluding hydrogens is 382 g/mol. The third-order valence-electron chi connectivity index (χ3n) is 3.16. The Balaban J connectivity index is 2.13. The molecule has 2 aromatic rings. The number of nitrogens with two attached hydrogens (primary N) is 1. The van der Waals surface area contributed by atoms with Gasteiger partial charge < -0.3 is 10.5 Å². The third-order valence-corrected chi connectivity index (χ3v) is 5.15. The Bertz CT molecular complexity index is 603. The van der Waals surface area contributed by atoms with Gasteiger partial charge in [-0.05, 0) is 48.7 Å². The Labute approximate surface area is 136 Å². The maximum atomic E-state index is 5.88. The zero-order chi connectivity index (χ0) is 14.7. The Morgan fingerprint density at radius 3 is 2.25 bits per heavy atom. The van der Waals surface area contributed by atoms with E-state index in [4.69, 9.17) is 10.5 Å². The fraction of sp³-hybridized carbons (Fsp3) is 0.250. The Morgan fingerprint density at radius 2 is 1.70 bits per heavy atom. The number of rotatable bonds is 4. The van der Waals surface area contributed by atoms with Crippen LogP contribution in [0.25, 0.3) is 0 Å². The van der Waals surface area contributed by atoms with Gasteiger partial charge in [0, 0.05) is 21.1 Å². The fourth-order valence-corrected chi connectivity index (χ4v) is 2.76. The van der Waals surface area contributed by atoms with E-state index >= 15 is 0 Å². The summed E-state index contributed by atoms with van der Waals surface area (Å²) >= 11 is 7.12. The molecule has 0 radical (unpaired) electrons. The van der Waals surface area contributed by atoms with E-state index in [1.54, 1.807) is 0 Å². The summed E-state index contributed by atoms with van der Waals surface area (Å²) in [6.07, 6.45) is 0. The van der Waals surface area contributed by atoms with Crippen molar-refractivity contribution in [1.82, 2.24) is 0 Å². The minimum atomic E-state index is 0.534. The summed E-state index contributed by atoms with van der Waals surface area (Å²) in [6, 6.07) is 10.2. The second-order valence-electron chi connectivity index (χ2n) is 4.79. The van der Waals surface area contributed by atoms with Crippen LogP contribution in [0, 0.1) is 13.8 Å². The summed E-state index contributed by atoms with van der Waals surface area (Å²) in [7, 11) is 0. The number of ether oxygens (including phenoxy) is 1. The molecular formula is C16H17Br2NO. The molecule has 0 atom stereocenters. The largest absolute Gasteiger partial charge is 0.489 e. The number of halogens is 2. The van der Waals surface area contributed by atoms with Gasteiger partial charge >= 0.3 is 0 Å². The maximum Gasteiger partial charge on any atom is 0.120 e. The van der Waals surface area contributed by atoms with Crippen molar-refractivity contribution < 1.29 is 4.74 Å². The van der Waals surface area contributed by atoms with E-state index in [2.05, 4.69) is 45.7 Å². The van der Waals surface area contributed by atoms with Crippen molar-refractivity contribution in [1.29, 1.82) is 0 Å². The Kier molecular flexibility index (Phi) is 5.24. The first-order chi connectivity index (χ1) is 9.51. The quantitative estimate of drug-likeness (QED) is 0.797. The molecule has 2 rings (SSSR count). The predicted octanol–water partition coefficient (Wildman–Crippen LogP) is 4.87. The highest BCUT2D eigenvalue weighted by Crippen LogP contribution is 2.27. The van der Waals surface area contributed by atoms with Crippen molar-refractivity contribution in [3.05, 3.63) is 61.5 Å². The van der Waals surface area contributed by atoms with Gasteiger partial charge in [0.2, 0.25) is 0 Å². The smallest absolute Gasteiger partial charge is 0.120 e.